The van der Waals surface area contributed by atoms with Gasteiger partial charge in [0.05, 0.1) is 5.69 Å². The Balaban J connectivity index is 1.29. The van der Waals surface area contributed by atoms with Crippen LogP contribution < -0.4 is 15.0 Å². The zero-order valence-corrected chi connectivity index (χ0v) is 16.9. The Morgan fingerprint density at radius 2 is 1.65 bits per heavy atom. The van der Waals surface area contributed by atoms with Crippen molar-refractivity contribution in [3.63, 3.8) is 0 Å². The minimum Gasteiger partial charge on any atom is -0.482 e. The van der Waals surface area contributed by atoms with Gasteiger partial charge in [0.25, 0.3) is 5.56 Å². The summed E-state index contributed by atoms with van der Waals surface area (Å²) in [5.41, 5.74) is 1.60. The summed E-state index contributed by atoms with van der Waals surface area (Å²) in [5, 5.41) is 0. The molecule has 156 valence electrons. The zero-order chi connectivity index (χ0) is 21.6. The molecule has 2 aromatic carbocycles. The molecular formula is C24H20N2O5. The molecule has 7 heteroatoms. The van der Waals surface area contributed by atoms with Crippen LogP contribution in [0.2, 0.25) is 0 Å². The van der Waals surface area contributed by atoms with Crippen LogP contribution in [0.15, 0.2) is 83.8 Å². The number of carbonyl (C=O) groups is 1. The zero-order valence-electron chi connectivity index (χ0n) is 16.9. The largest absolute Gasteiger partial charge is 0.482 e. The van der Waals surface area contributed by atoms with Gasteiger partial charge in [-0.25, -0.2) is 9.78 Å². The summed E-state index contributed by atoms with van der Waals surface area (Å²) in [5.74, 6) is 1.34. The number of hydrogen-bond donors (Lipinski definition) is 0. The number of esters is 1. The SMILES string of the molecule is Cc1ccc2nc(COC(=O)COc3ccc(Oc4ccccc4)cc3)cc(=O)n2c1. The standard InChI is InChI=1S/C24H20N2O5/c1-17-7-12-22-25-18(13-23(27)26(22)14-17)15-30-24(28)16-29-19-8-10-21(11-9-19)31-20-5-3-2-4-6-20/h2-14H,15-16H2,1H3. The van der Waals surface area contributed by atoms with Crippen LogP contribution in [0, 0.1) is 6.92 Å². The number of pyridine rings is 1. The van der Waals surface area contributed by atoms with Gasteiger partial charge in [-0.1, -0.05) is 24.3 Å². The van der Waals surface area contributed by atoms with Crippen LogP contribution in [0.5, 0.6) is 17.2 Å². The lowest BCUT2D eigenvalue weighted by molar-refractivity contribution is -0.147. The Kier molecular flexibility index (Phi) is 5.93. The second-order valence-corrected chi connectivity index (χ2v) is 6.86. The van der Waals surface area contributed by atoms with E-state index in [1.807, 2.05) is 43.3 Å². The molecule has 0 aliphatic carbocycles. The molecular weight excluding hydrogens is 396 g/mol. The van der Waals surface area contributed by atoms with Crippen molar-refractivity contribution in [1.82, 2.24) is 9.38 Å². The number of benzene rings is 2. The van der Waals surface area contributed by atoms with E-state index in [4.69, 9.17) is 14.2 Å². The Labute approximate surface area is 178 Å². The molecule has 0 aliphatic rings. The number of aromatic nitrogens is 2. The van der Waals surface area contributed by atoms with Crippen LogP contribution in [0.1, 0.15) is 11.3 Å². The molecule has 2 heterocycles. The van der Waals surface area contributed by atoms with E-state index in [1.54, 1.807) is 36.5 Å². The van der Waals surface area contributed by atoms with Crippen molar-refractivity contribution in [3.05, 3.63) is 101 Å². The summed E-state index contributed by atoms with van der Waals surface area (Å²) in [6, 6.07) is 21.3. The fraction of sp³-hybridized carbons (Fsp3) is 0.125. The summed E-state index contributed by atoms with van der Waals surface area (Å²) in [4.78, 5) is 28.5. The van der Waals surface area contributed by atoms with Crippen molar-refractivity contribution in [2.75, 3.05) is 6.61 Å². The molecule has 0 saturated heterocycles. The minimum atomic E-state index is -0.560. The van der Waals surface area contributed by atoms with E-state index in [0.717, 1.165) is 11.3 Å². The second kappa shape index (κ2) is 9.13. The van der Waals surface area contributed by atoms with Crippen molar-refractivity contribution in [2.45, 2.75) is 13.5 Å². The number of nitrogens with zero attached hydrogens (tertiary/aromatic N) is 2. The summed E-state index contributed by atoms with van der Waals surface area (Å²) in [7, 11) is 0. The highest BCUT2D eigenvalue weighted by Gasteiger charge is 2.08. The van der Waals surface area contributed by atoms with Gasteiger partial charge in [0.2, 0.25) is 0 Å². The molecule has 0 unspecified atom stereocenters. The van der Waals surface area contributed by atoms with E-state index in [-0.39, 0.29) is 18.8 Å². The van der Waals surface area contributed by atoms with Gasteiger partial charge >= 0.3 is 5.97 Å². The number of aryl methyl sites for hydroxylation is 1. The maximum absolute atomic E-state index is 12.2. The van der Waals surface area contributed by atoms with Gasteiger partial charge in [-0.3, -0.25) is 9.20 Å². The third-order valence-corrected chi connectivity index (χ3v) is 4.40. The molecule has 0 saturated carbocycles. The van der Waals surface area contributed by atoms with E-state index >= 15 is 0 Å². The van der Waals surface area contributed by atoms with Crippen molar-refractivity contribution < 1.29 is 19.0 Å². The van der Waals surface area contributed by atoms with Gasteiger partial charge in [0, 0.05) is 12.3 Å². The predicted molar refractivity (Wildman–Crippen MR) is 114 cm³/mol. The third-order valence-electron chi connectivity index (χ3n) is 4.40. The van der Waals surface area contributed by atoms with Gasteiger partial charge < -0.3 is 14.2 Å². The van der Waals surface area contributed by atoms with Crippen molar-refractivity contribution in [3.8, 4) is 17.2 Å². The van der Waals surface area contributed by atoms with Gasteiger partial charge in [0.15, 0.2) is 6.61 Å². The Morgan fingerprint density at radius 1 is 0.935 bits per heavy atom. The van der Waals surface area contributed by atoms with Crippen LogP contribution in [-0.2, 0) is 16.1 Å². The highest BCUT2D eigenvalue weighted by molar-refractivity contribution is 5.71. The van der Waals surface area contributed by atoms with E-state index in [9.17, 15) is 9.59 Å². The van der Waals surface area contributed by atoms with Crippen molar-refractivity contribution in [2.24, 2.45) is 0 Å². The Morgan fingerprint density at radius 3 is 2.42 bits per heavy atom. The number of para-hydroxylation sites is 1. The highest BCUT2D eigenvalue weighted by Crippen LogP contribution is 2.23. The summed E-state index contributed by atoms with van der Waals surface area (Å²) < 4.78 is 17.8. The minimum absolute atomic E-state index is 0.105. The van der Waals surface area contributed by atoms with E-state index in [0.29, 0.717) is 22.8 Å². The van der Waals surface area contributed by atoms with Gasteiger partial charge in [-0.15, -0.1) is 0 Å². The average molecular weight is 416 g/mol. The quantitative estimate of drug-likeness (QED) is 0.425. The number of hydrogen-bond acceptors (Lipinski definition) is 6. The lowest BCUT2D eigenvalue weighted by atomic mass is 10.3. The molecule has 2 aromatic heterocycles. The fourth-order valence-electron chi connectivity index (χ4n) is 2.90. The van der Waals surface area contributed by atoms with Crippen molar-refractivity contribution in [1.29, 1.82) is 0 Å². The van der Waals surface area contributed by atoms with Gasteiger partial charge in [0.1, 0.15) is 29.5 Å². The third kappa shape index (κ3) is 5.27. The smallest absolute Gasteiger partial charge is 0.344 e. The van der Waals surface area contributed by atoms with Crippen LogP contribution in [0.3, 0.4) is 0 Å². The van der Waals surface area contributed by atoms with Crippen LogP contribution in [0.25, 0.3) is 5.65 Å². The molecule has 0 bridgehead atoms. The first-order valence-electron chi connectivity index (χ1n) is 9.67. The first-order valence-corrected chi connectivity index (χ1v) is 9.67. The van der Waals surface area contributed by atoms with E-state index in [1.165, 1.54) is 10.5 Å². The maximum Gasteiger partial charge on any atom is 0.344 e. The number of carbonyl (C=O) groups excluding carboxylic acids is 1. The fourth-order valence-corrected chi connectivity index (χ4v) is 2.90. The molecule has 0 atom stereocenters. The van der Waals surface area contributed by atoms with Gasteiger partial charge in [-0.2, -0.15) is 0 Å². The maximum atomic E-state index is 12.2. The van der Waals surface area contributed by atoms with Crippen LogP contribution in [0.4, 0.5) is 0 Å². The molecule has 4 rings (SSSR count). The first kappa shape index (κ1) is 20.2. The van der Waals surface area contributed by atoms with E-state index in [2.05, 4.69) is 4.98 Å². The first-order chi connectivity index (χ1) is 15.1. The average Bonchev–Trinajstić information content (AvgIpc) is 2.78. The summed E-state index contributed by atoms with van der Waals surface area (Å²) >= 11 is 0. The van der Waals surface area contributed by atoms with Crippen LogP contribution >= 0.6 is 0 Å². The molecule has 0 amide bonds. The van der Waals surface area contributed by atoms with Gasteiger partial charge in [-0.05, 0) is 55.0 Å². The Bertz CT molecular complexity index is 1250. The number of fused-ring (bicyclic) bond motifs is 1. The lowest BCUT2D eigenvalue weighted by Gasteiger charge is -2.09. The molecule has 7 nitrogen and oxygen atoms in total. The van der Waals surface area contributed by atoms with E-state index < -0.39 is 5.97 Å². The topological polar surface area (TPSA) is 79.1 Å². The molecule has 0 radical (unpaired) electrons. The lowest BCUT2D eigenvalue weighted by Crippen LogP contribution is -2.18. The summed E-state index contributed by atoms with van der Waals surface area (Å²) in [6.07, 6.45) is 1.71. The highest BCUT2D eigenvalue weighted by atomic mass is 16.6. The monoisotopic (exact) mass is 416 g/mol. The second-order valence-electron chi connectivity index (χ2n) is 6.86. The molecule has 0 spiro atoms. The Hall–Kier alpha value is -4.13. The predicted octanol–water partition coefficient (Wildman–Crippen LogP) is 3.92. The molecule has 0 aliphatic heterocycles. The molecule has 0 fully saturated rings. The number of ether oxygens (including phenoxy) is 3. The molecule has 31 heavy (non-hydrogen) atoms. The van der Waals surface area contributed by atoms with Crippen molar-refractivity contribution >= 4 is 11.6 Å². The summed E-state index contributed by atoms with van der Waals surface area (Å²) in [6.45, 7) is 1.53. The number of rotatable bonds is 7. The molecule has 4 aromatic rings. The van der Waals surface area contributed by atoms with Crippen LogP contribution in [-0.4, -0.2) is 22.0 Å². The molecule has 0 N–H and O–H groups in total. The normalized spacial score (nSPS) is 10.6.